The van der Waals surface area contributed by atoms with Crippen LogP contribution < -0.4 is 14.5 Å². The molecule has 8 heteroatoms. The van der Waals surface area contributed by atoms with Crippen LogP contribution in [0.2, 0.25) is 0 Å². The second-order valence-electron chi connectivity index (χ2n) is 8.87. The highest BCUT2D eigenvalue weighted by molar-refractivity contribution is 7.92. The summed E-state index contributed by atoms with van der Waals surface area (Å²) in [6.07, 6.45) is 1.38. The van der Waals surface area contributed by atoms with E-state index in [1.807, 2.05) is 32.9 Å². The Balaban J connectivity index is 1.60. The molecule has 0 radical (unpaired) electrons. The first-order valence-electron chi connectivity index (χ1n) is 11.5. The van der Waals surface area contributed by atoms with Crippen molar-refractivity contribution in [3.05, 3.63) is 83.4 Å². The van der Waals surface area contributed by atoms with Crippen molar-refractivity contribution in [3.63, 3.8) is 0 Å². The molecular weight excluding hydrogens is 462 g/mol. The maximum Gasteiger partial charge on any atom is 0.264 e. The molecule has 0 atom stereocenters. The van der Waals surface area contributed by atoms with Gasteiger partial charge in [0, 0.05) is 24.3 Å². The number of nitrogens with one attached hydrogen (secondary N) is 1. The summed E-state index contributed by atoms with van der Waals surface area (Å²) < 4.78 is 28.2. The van der Waals surface area contributed by atoms with Crippen LogP contribution in [0.5, 0.6) is 0 Å². The van der Waals surface area contributed by atoms with E-state index in [0.29, 0.717) is 24.3 Å². The fraction of sp³-hybridized carbons (Fsp3) is 0.259. The summed E-state index contributed by atoms with van der Waals surface area (Å²) in [5.41, 5.74) is 4.46. The topological polar surface area (TPSA) is 86.8 Å². The van der Waals surface area contributed by atoms with Gasteiger partial charge in [-0.2, -0.15) is 0 Å². The third-order valence-corrected chi connectivity index (χ3v) is 7.75. The largest absolute Gasteiger partial charge is 0.325 e. The van der Waals surface area contributed by atoms with Crippen LogP contribution in [0.1, 0.15) is 29.5 Å². The number of sulfonamides is 1. The Morgan fingerprint density at radius 2 is 1.66 bits per heavy atom. The van der Waals surface area contributed by atoms with E-state index in [1.165, 1.54) is 12.1 Å². The Morgan fingerprint density at radius 3 is 2.26 bits per heavy atom. The summed E-state index contributed by atoms with van der Waals surface area (Å²) in [6, 6.07) is 18.9. The molecule has 1 heterocycles. The molecule has 0 saturated carbocycles. The van der Waals surface area contributed by atoms with E-state index < -0.39 is 15.9 Å². The molecule has 1 N–H and O–H groups in total. The van der Waals surface area contributed by atoms with Gasteiger partial charge in [0.15, 0.2) is 0 Å². The summed E-state index contributed by atoms with van der Waals surface area (Å²) in [5, 5.41) is 2.82. The molecule has 0 spiro atoms. The van der Waals surface area contributed by atoms with E-state index in [-0.39, 0.29) is 17.3 Å². The van der Waals surface area contributed by atoms with Crippen LogP contribution in [-0.4, -0.2) is 33.3 Å². The van der Waals surface area contributed by atoms with Crippen molar-refractivity contribution < 1.29 is 18.0 Å². The molecule has 0 aromatic heterocycles. The lowest BCUT2D eigenvalue weighted by Gasteiger charge is -2.25. The lowest BCUT2D eigenvalue weighted by Crippen LogP contribution is -2.38. The second-order valence-corrected chi connectivity index (χ2v) is 10.7. The Kier molecular flexibility index (Phi) is 6.93. The first-order valence-corrected chi connectivity index (χ1v) is 13.0. The molecule has 182 valence electrons. The maximum atomic E-state index is 13.5. The number of rotatable bonds is 7. The first kappa shape index (κ1) is 24.5. The zero-order valence-corrected chi connectivity index (χ0v) is 20.9. The van der Waals surface area contributed by atoms with Crippen molar-refractivity contribution in [1.82, 2.24) is 0 Å². The fourth-order valence-electron chi connectivity index (χ4n) is 4.40. The minimum Gasteiger partial charge on any atom is -0.325 e. The van der Waals surface area contributed by atoms with Gasteiger partial charge < -0.3 is 10.2 Å². The highest BCUT2D eigenvalue weighted by Gasteiger charge is 2.28. The predicted octanol–water partition coefficient (Wildman–Crippen LogP) is 4.57. The monoisotopic (exact) mass is 491 g/mol. The van der Waals surface area contributed by atoms with Gasteiger partial charge in [-0.15, -0.1) is 0 Å². The number of benzene rings is 3. The molecule has 1 aliphatic heterocycles. The molecule has 7 nitrogen and oxygen atoms in total. The van der Waals surface area contributed by atoms with Gasteiger partial charge in [-0.05, 0) is 86.3 Å². The standard InChI is InChI=1S/C27H29N3O4S/c1-19-14-20(2)16-23(15-19)30(35(33,34)24-8-5-4-6-9-24)18-26(31)28-22-11-12-25(21(3)17-22)29-13-7-10-27(29)32/h4-6,8-9,11-12,14-17H,7,10,13,18H2,1-3H3,(H,28,31). The minimum atomic E-state index is -3.98. The SMILES string of the molecule is Cc1cc(C)cc(N(CC(=O)Nc2ccc(N3CCCC3=O)c(C)c2)S(=O)(=O)c2ccccc2)c1. The fourth-order valence-corrected chi connectivity index (χ4v) is 5.82. The van der Waals surface area contributed by atoms with E-state index >= 15 is 0 Å². The van der Waals surface area contributed by atoms with Gasteiger partial charge in [0.25, 0.3) is 10.0 Å². The van der Waals surface area contributed by atoms with Crippen molar-refractivity contribution >= 4 is 38.9 Å². The Morgan fingerprint density at radius 1 is 0.971 bits per heavy atom. The Hall–Kier alpha value is -3.65. The van der Waals surface area contributed by atoms with Crippen LogP contribution in [-0.2, 0) is 19.6 Å². The van der Waals surface area contributed by atoms with Crippen LogP contribution in [0.4, 0.5) is 17.1 Å². The molecular formula is C27H29N3O4S. The van der Waals surface area contributed by atoms with Crippen molar-refractivity contribution in [2.45, 2.75) is 38.5 Å². The lowest BCUT2D eigenvalue weighted by molar-refractivity contribution is -0.117. The number of nitrogens with zero attached hydrogens (tertiary/aromatic N) is 2. The second kappa shape index (κ2) is 9.92. The van der Waals surface area contributed by atoms with Crippen LogP contribution in [0.25, 0.3) is 0 Å². The van der Waals surface area contributed by atoms with Gasteiger partial charge in [-0.3, -0.25) is 13.9 Å². The van der Waals surface area contributed by atoms with Gasteiger partial charge >= 0.3 is 0 Å². The van der Waals surface area contributed by atoms with Crippen molar-refractivity contribution in [3.8, 4) is 0 Å². The number of anilines is 3. The molecule has 2 amide bonds. The van der Waals surface area contributed by atoms with Gasteiger partial charge in [0.1, 0.15) is 6.54 Å². The van der Waals surface area contributed by atoms with Gasteiger partial charge in [-0.25, -0.2) is 8.42 Å². The zero-order chi connectivity index (χ0) is 25.2. The molecule has 0 unspecified atom stereocenters. The number of amides is 2. The minimum absolute atomic E-state index is 0.0973. The van der Waals surface area contributed by atoms with Crippen molar-refractivity contribution in [2.75, 3.05) is 27.6 Å². The number of hydrogen-bond acceptors (Lipinski definition) is 4. The zero-order valence-electron chi connectivity index (χ0n) is 20.1. The first-order chi connectivity index (χ1) is 16.6. The third kappa shape index (κ3) is 5.38. The molecule has 3 aromatic rings. The number of aryl methyl sites for hydroxylation is 3. The van der Waals surface area contributed by atoms with Gasteiger partial charge in [-0.1, -0.05) is 24.3 Å². The summed E-state index contributed by atoms with van der Waals surface area (Å²) in [4.78, 5) is 27.0. The Bertz CT molecular complexity index is 1350. The highest BCUT2D eigenvalue weighted by Crippen LogP contribution is 2.29. The highest BCUT2D eigenvalue weighted by atomic mass is 32.2. The molecule has 0 bridgehead atoms. The van der Waals surface area contributed by atoms with E-state index in [2.05, 4.69) is 5.32 Å². The average molecular weight is 492 g/mol. The van der Waals surface area contributed by atoms with Crippen LogP contribution in [0, 0.1) is 20.8 Å². The summed E-state index contributed by atoms with van der Waals surface area (Å²) in [7, 11) is -3.98. The van der Waals surface area contributed by atoms with E-state index in [4.69, 9.17) is 0 Å². The van der Waals surface area contributed by atoms with E-state index in [9.17, 15) is 18.0 Å². The maximum absolute atomic E-state index is 13.5. The number of hydrogen-bond donors (Lipinski definition) is 1. The molecule has 4 rings (SSSR count). The smallest absolute Gasteiger partial charge is 0.264 e. The molecule has 3 aromatic carbocycles. The molecule has 1 aliphatic rings. The predicted molar refractivity (Wildman–Crippen MR) is 138 cm³/mol. The third-order valence-electron chi connectivity index (χ3n) is 5.96. The van der Waals surface area contributed by atoms with Gasteiger partial charge in [0.05, 0.1) is 10.6 Å². The van der Waals surface area contributed by atoms with Crippen LogP contribution in [0.3, 0.4) is 0 Å². The molecule has 0 aliphatic carbocycles. The quantitative estimate of drug-likeness (QED) is 0.524. The molecule has 35 heavy (non-hydrogen) atoms. The summed E-state index contributed by atoms with van der Waals surface area (Å²) in [5.74, 6) is -0.367. The molecule has 1 saturated heterocycles. The summed E-state index contributed by atoms with van der Waals surface area (Å²) in [6.45, 7) is 5.97. The van der Waals surface area contributed by atoms with Gasteiger partial charge in [0.2, 0.25) is 11.8 Å². The normalized spacial score (nSPS) is 13.7. The summed E-state index contributed by atoms with van der Waals surface area (Å²) >= 11 is 0. The van der Waals surface area contributed by atoms with Crippen LogP contribution in [0.15, 0.2) is 71.6 Å². The average Bonchev–Trinajstić information content (AvgIpc) is 3.23. The van der Waals surface area contributed by atoms with E-state index in [0.717, 1.165) is 33.1 Å². The van der Waals surface area contributed by atoms with Crippen LogP contribution >= 0.6 is 0 Å². The van der Waals surface area contributed by atoms with E-state index in [1.54, 1.807) is 47.4 Å². The number of carbonyl (C=O) groups is 2. The Labute approximate surface area is 206 Å². The molecule has 1 fully saturated rings. The van der Waals surface area contributed by atoms with Crippen molar-refractivity contribution in [2.24, 2.45) is 0 Å². The number of carbonyl (C=O) groups excluding carboxylic acids is 2. The van der Waals surface area contributed by atoms with Crippen molar-refractivity contribution in [1.29, 1.82) is 0 Å². The lowest BCUT2D eigenvalue weighted by atomic mass is 10.1.